The second-order valence-corrected chi connectivity index (χ2v) is 6.92. The van der Waals surface area contributed by atoms with Gasteiger partial charge in [0.2, 0.25) is 0 Å². The van der Waals surface area contributed by atoms with Crippen LogP contribution in [0.25, 0.3) is 0 Å². The molecule has 0 saturated carbocycles. The van der Waals surface area contributed by atoms with Gasteiger partial charge < -0.3 is 0 Å². The van der Waals surface area contributed by atoms with E-state index in [2.05, 4.69) is 5.10 Å². The maximum Gasteiger partial charge on any atom is 0.288 e. The number of carbonyl (C=O) groups excluding carboxylic acids is 1. The zero-order valence-electron chi connectivity index (χ0n) is 13.6. The first-order valence-corrected chi connectivity index (χ1v) is 8.75. The molecule has 26 heavy (non-hydrogen) atoms. The number of rotatable bonds is 4. The lowest BCUT2D eigenvalue weighted by molar-refractivity contribution is 0.0797. The fraction of sp³-hybridized carbons (Fsp3) is 0.353. The molecule has 0 aliphatic carbocycles. The van der Waals surface area contributed by atoms with E-state index in [4.69, 9.17) is 23.2 Å². The Morgan fingerprint density at radius 3 is 2.62 bits per heavy atom. The van der Waals surface area contributed by atoms with Crippen molar-refractivity contribution in [3.05, 3.63) is 62.0 Å². The number of likely N-dealkylation sites (tertiary alicyclic amines) is 1. The summed E-state index contributed by atoms with van der Waals surface area (Å²) in [5.41, 5.74) is -0.704. The van der Waals surface area contributed by atoms with E-state index in [9.17, 15) is 18.4 Å². The fourth-order valence-corrected chi connectivity index (χ4v) is 3.25. The van der Waals surface area contributed by atoms with Gasteiger partial charge in [0.05, 0.1) is 23.5 Å². The molecule has 0 N–H and O–H groups in total. The third kappa shape index (κ3) is 3.95. The van der Waals surface area contributed by atoms with Crippen LogP contribution in [0.5, 0.6) is 0 Å². The van der Waals surface area contributed by atoms with Gasteiger partial charge in [0, 0.05) is 19.0 Å². The van der Waals surface area contributed by atoms with Gasteiger partial charge in [-0.2, -0.15) is 5.10 Å². The van der Waals surface area contributed by atoms with Crippen molar-refractivity contribution in [2.24, 2.45) is 5.92 Å². The minimum Gasteiger partial charge on any atom is -0.294 e. The van der Waals surface area contributed by atoms with Gasteiger partial charge in [-0.25, -0.2) is 13.5 Å². The molecule has 1 aliphatic rings. The van der Waals surface area contributed by atoms with Crippen LogP contribution in [0.15, 0.2) is 29.2 Å². The highest BCUT2D eigenvalue weighted by Gasteiger charge is 2.28. The standard InChI is InChI=1S/C17H15Cl2F2N3O2/c18-13-8-22-24(17(26)15(13)19)9-23-5-3-10(4-6-23)16(25)12-7-11(20)1-2-14(12)21/h1-2,7-8,10H,3-6,9H2. The number of nitrogens with zero attached hydrogens (tertiary/aromatic N) is 3. The highest BCUT2D eigenvalue weighted by Crippen LogP contribution is 2.24. The Labute approximate surface area is 158 Å². The fourth-order valence-electron chi connectivity index (χ4n) is 2.98. The van der Waals surface area contributed by atoms with Crippen molar-refractivity contribution in [1.82, 2.24) is 14.7 Å². The normalized spacial score (nSPS) is 16.0. The van der Waals surface area contributed by atoms with E-state index in [1.807, 2.05) is 4.90 Å². The Morgan fingerprint density at radius 1 is 1.23 bits per heavy atom. The predicted octanol–water partition coefficient (Wildman–Crippen LogP) is 3.38. The molecule has 5 nitrogen and oxygen atoms in total. The number of hydrogen-bond donors (Lipinski definition) is 0. The third-order valence-electron chi connectivity index (χ3n) is 4.43. The monoisotopic (exact) mass is 401 g/mol. The molecule has 0 radical (unpaired) electrons. The molecule has 1 aromatic carbocycles. The zero-order valence-corrected chi connectivity index (χ0v) is 15.1. The first-order valence-electron chi connectivity index (χ1n) is 7.99. The van der Waals surface area contributed by atoms with Gasteiger partial charge >= 0.3 is 0 Å². The zero-order chi connectivity index (χ0) is 18.8. The number of ketones is 1. The third-order valence-corrected chi connectivity index (χ3v) is 5.18. The van der Waals surface area contributed by atoms with E-state index in [1.54, 1.807) is 0 Å². The number of halogens is 4. The van der Waals surface area contributed by atoms with Crippen LogP contribution < -0.4 is 5.56 Å². The summed E-state index contributed by atoms with van der Waals surface area (Å²) in [6, 6.07) is 2.87. The van der Waals surface area contributed by atoms with Crippen LogP contribution in [0.1, 0.15) is 23.2 Å². The van der Waals surface area contributed by atoms with E-state index >= 15 is 0 Å². The van der Waals surface area contributed by atoms with E-state index in [0.717, 1.165) is 18.2 Å². The second-order valence-electron chi connectivity index (χ2n) is 6.13. The van der Waals surface area contributed by atoms with Gasteiger partial charge in [0.1, 0.15) is 16.7 Å². The molecular formula is C17H15Cl2F2N3O2. The van der Waals surface area contributed by atoms with E-state index < -0.39 is 23.0 Å². The lowest BCUT2D eigenvalue weighted by Crippen LogP contribution is -2.40. The highest BCUT2D eigenvalue weighted by atomic mass is 35.5. The van der Waals surface area contributed by atoms with Crippen LogP contribution in [0.2, 0.25) is 10.0 Å². The van der Waals surface area contributed by atoms with Gasteiger partial charge in [-0.3, -0.25) is 14.5 Å². The van der Waals surface area contributed by atoms with Gasteiger partial charge in [-0.1, -0.05) is 23.2 Å². The average Bonchev–Trinajstić information content (AvgIpc) is 2.64. The first kappa shape index (κ1) is 18.9. The molecule has 9 heteroatoms. The average molecular weight is 402 g/mol. The van der Waals surface area contributed by atoms with Crippen molar-refractivity contribution in [2.45, 2.75) is 19.5 Å². The summed E-state index contributed by atoms with van der Waals surface area (Å²) in [5.74, 6) is -2.14. The second kappa shape index (κ2) is 7.82. The summed E-state index contributed by atoms with van der Waals surface area (Å²) in [6.07, 6.45) is 2.25. The number of Topliss-reactive ketones (excluding diaryl/α,β-unsaturated/α-hetero) is 1. The molecule has 1 saturated heterocycles. The summed E-state index contributed by atoms with van der Waals surface area (Å²) in [6.45, 7) is 1.24. The topological polar surface area (TPSA) is 55.2 Å². The Morgan fingerprint density at radius 2 is 1.92 bits per heavy atom. The molecule has 138 valence electrons. The Kier molecular flexibility index (Phi) is 5.70. The molecule has 0 amide bonds. The molecule has 0 bridgehead atoms. The van der Waals surface area contributed by atoms with Crippen molar-refractivity contribution < 1.29 is 13.6 Å². The van der Waals surface area contributed by atoms with Crippen LogP contribution >= 0.6 is 23.2 Å². The van der Waals surface area contributed by atoms with Crippen LogP contribution in [0.4, 0.5) is 8.78 Å². The molecule has 0 atom stereocenters. The van der Waals surface area contributed by atoms with Crippen LogP contribution in [0, 0.1) is 17.6 Å². The maximum atomic E-state index is 13.8. The maximum absolute atomic E-state index is 13.8. The van der Waals surface area contributed by atoms with E-state index in [-0.39, 0.29) is 28.2 Å². The molecule has 2 aromatic rings. The minimum atomic E-state index is -0.717. The summed E-state index contributed by atoms with van der Waals surface area (Å²) in [5, 5.41) is 3.95. The Balaban J connectivity index is 1.64. The summed E-state index contributed by atoms with van der Waals surface area (Å²) in [7, 11) is 0. The molecule has 1 aromatic heterocycles. The molecule has 2 heterocycles. The number of hydrogen-bond acceptors (Lipinski definition) is 4. The number of benzene rings is 1. The van der Waals surface area contributed by atoms with Crippen molar-refractivity contribution in [1.29, 1.82) is 0 Å². The van der Waals surface area contributed by atoms with Crippen LogP contribution in [0.3, 0.4) is 0 Å². The molecular weight excluding hydrogens is 387 g/mol. The Hall–Kier alpha value is -1.83. The quantitative estimate of drug-likeness (QED) is 0.736. The molecule has 1 aliphatic heterocycles. The van der Waals surface area contributed by atoms with Crippen LogP contribution in [-0.2, 0) is 6.67 Å². The SMILES string of the molecule is O=C(c1cc(F)ccc1F)C1CCN(Cn2ncc(Cl)c(Cl)c2=O)CC1. The minimum absolute atomic E-state index is 0.0895. The highest BCUT2D eigenvalue weighted by molar-refractivity contribution is 6.41. The predicted molar refractivity (Wildman–Crippen MR) is 93.5 cm³/mol. The van der Waals surface area contributed by atoms with E-state index in [1.165, 1.54) is 10.9 Å². The number of carbonyl (C=O) groups is 1. The lowest BCUT2D eigenvalue weighted by Gasteiger charge is -2.31. The summed E-state index contributed by atoms with van der Waals surface area (Å²) in [4.78, 5) is 26.4. The van der Waals surface area contributed by atoms with Crippen molar-refractivity contribution in [3.8, 4) is 0 Å². The largest absolute Gasteiger partial charge is 0.294 e. The van der Waals surface area contributed by atoms with Crippen molar-refractivity contribution in [3.63, 3.8) is 0 Å². The summed E-state index contributed by atoms with van der Waals surface area (Å²) >= 11 is 11.6. The number of aromatic nitrogens is 2. The van der Waals surface area contributed by atoms with Gasteiger partial charge in [0.15, 0.2) is 5.78 Å². The molecule has 0 spiro atoms. The number of piperidine rings is 1. The molecule has 0 unspecified atom stereocenters. The van der Waals surface area contributed by atoms with Gasteiger partial charge in [-0.05, 0) is 31.0 Å². The summed E-state index contributed by atoms with van der Waals surface area (Å²) < 4.78 is 28.3. The molecule has 3 rings (SSSR count). The van der Waals surface area contributed by atoms with E-state index in [0.29, 0.717) is 25.9 Å². The van der Waals surface area contributed by atoms with Gasteiger partial charge in [-0.15, -0.1) is 0 Å². The van der Waals surface area contributed by atoms with Gasteiger partial charge in [0.25, 0.3) is 5.56 Å². The Bertz CT molecular complexity index is 896. The van der Waals surface area contributed by atoms with Crippen LogP contribution in [-0.4, -0.2) is 33.6 Å². The van der Waals surface area contributed by atoms with Crippen molar-refractivity contribution >= 4 is 29.0 Å². The van der Waals surface area contributed by atoms with Crippen molar-refractivity contribution in [2.75, 3.05) is 13.1 Å². The first-order chi connectivity index (χ1) is 12.4. The lowest BCUT2D eigenvalue weighted by atomic mass is 9.89. The molecule has 1 fully saturated rings. The smallest absolute Gasteiger partial charge is 0.288 e.